The molecule has 7 heteroatoms. The number of aliphatic carboxylic acids is 1. The molecule has 0 spiro atoms. The summed E-state index contributed by atoms with van der Waals surface area (Å²) in [4.78, 5) is 36.7. The quantitative estimate of drug-likeness (QED) is 0.381. The Bertz CT molecular complexity index is 592. The van der Waals surface area contributed by atoms with Gasteiger partial charge in [-0.2, -0.15) is 0 Å². The van der Waals surface area contributed by atoms with E-state index < -0.39 is 5.97 Å². The Kier molecular flexibility index (Phi) is 17.7. The van der Waals surface area contributed by atoms with Gasteiger partial charge in [0.15, 0.2) is 0 Å². The lowest BCUT2D eigenvalue weighted by Crippen LogP contribution is -2.46. The van der Waals surface area contributed by atoms with Crippen molar-refractivity contribution in [2.24, 2.45) is 11.8 Å². The van der Waals surface area contributed by atoms with Gasteiger partial charge in [-0.05, 0) is 65.0 Å². The standard InChI is InChI=1S/C12H20N2O4.C10H21N.C4H10/c1-8(2)10(5-9(3)12(17)18)14(4)11(16)6-13-7-15;1-4-10(2,3)11-8-6-5-7-9-11;1-4(2)3/h5,7-8,10H,6H2,1-4H3,(H,13,15)(H,17,18);4-9H2,1-3H3;4H,1-3H3/b9-5+;;/t10-;;/m1../s1. The third kappa shape index (κ3) is 15.6. The molecule has 0 aromatic carbocycles. The number of likely N-dealkylation sites (N-methyl/N-ethyl adjacent to an activating group) is 1. The van der Waals surface area contributed by atoms with Crippen LogP contribution in [0.15, 0.2) is 11.6 Å². The molecule has 1 fully saturated rings. The van der Waals surface area contributed by atoms with Crippen molar-refractivity contribution in [3.05, 3.63) is 11.6 Å². The Balaban J connectivity index is 0. The number of carbonyl (C=O) groups excluding carboxylic acids is 2. The van der Waals surface area contributed by atoms with Crippen molar-refractivity contribution in [1.82, 2.24) is 15.1 Å². The molecule has 0 radical (unpaired) electrons. The molecule has 2 amide bonds. The normalized spacial score (nSPS) is 15.6. The molecule has 1 rings (SSSR count). The lowest BCUT2D eigenvalue weighted by atomic mass is 9.96. The summed E-state index contributed by atoms with van der Waals surface area (Å²) in [6.07, 6.45) is 7.52. The second-order valence-corrected chi connectivity index (χ2v) is 10.3. The van der Waals surface area contributed by atoms with Crippen molar-refractivity contribution < 1.29 is 19.5 Å². The van der Waals surface area contributed by atoms with Gasteiger partial charge >= 0.3 is 5.97 Å². The van der Waals surface area contributed by atoms with E-state index in [1.54, 1.807) is 13.1 Å². The molecule has 194 valence electrons. The number of carbonyl (C=O) groups is 3. The van der Waals surface area contributed by atoms with Crippen LogP contribution in [0.4, 0.5) is 0 Å². The monoisotopic (exact) mass is 469 g/mol. The molecule has 0 bridgehead atoms. The average Bonchev–Trinajstić information content (AvgIpc) is 2.75. The minimum atomic E-state index is -1.01. The molecule has 0 aliphatic carbocycles. The molecule has 7 nitrogen and oxygen atoms in total. The van der Waals surface area contributed by atoms with E-state index >= 15 is 0 Å². The molecule has 0 aromatic rings. The molecule has 1 saturated heterocycles. The highest BCUT2D eigenvalue weighted by Crippen LogP contribution is 2.22. The maximum atomic E-state index is 11.7. The second-order valence-electron chi connectivity index (χ2n) is 10.3. The summed E-state index contributed by atoms with van der Waals surface area (Å²) in [5.74, 6) is -0.368. The van der Waals surface area contributed by atoms with E-state index in [-0.39, 0.29) is 30.0 Å². The molecule has 2 N–H and O–H groups in total. The van der Waals surface area contributed by atoms with Crippen molar-refractivity contribution in [3.8, 4) is 0 Å². The summed E-state index contributed by atoms with van der Waals surface area (Å²) < 4.78 is 0. The summed E-state index contributed by atoms with van der Waals surface area (Å²) >= 11 is 0. The van der Waals surface area contributed by atoms with Gasteiger partial charge in [0.2, 0.25) is 12.3 Å². The van der Waals surface area contributed by atoms with Crippen LogP contribution in [0.3, 0.4) is 0 Å². The van der Waals surface area contributed by atoms with E-state index in [1.807, 2.05) is 13.8 Å². The van der Waals surface area contributed by atoms with E-state index in [9.17, 15) is 14.4 Å². The molecule has 1 atom stereocenters. The second kappa shape index (κ2) is 17.6. The van der Waals surface area contributed by atoms with Gasteiger partial charge in [-0.15, -0.1) is 0 Å². The maximum absolute atomic E-state index is 11.7. The largest absolute Gasteiger partial charge is 0.478 e. The van der Waals surface area contributed by atoms with Crippen LogP contribution in [0.25, 0.3) is 0 Å². The van der Waals surface area contributed by atoms with Crippen LogP contribution < -0.4 is 5.32 Å². The molecule has 0 unspecified atom stereocenters. The van der Waals surface area contributed by atoms with E-state index in [1.165, 1.54) is 50.6 Å². The van der Waals surface area contributed by atoms with Crippen molar-refractivity contribution >= 4 is 18.3 Å². The fourth-order valence-corrected chi connectivity index (χ4v) is 3.22. The van der Waals surface area contributed by atoms with Gasteiger partial charge in [-0.25, -0.2) is 4.79 Å². The maximum Gasteiger partial charge on any atom is 0.331 e. The number of rotatable bonds is 9. The minimum absolute atomic E-state index is 0.0736. The number of amides is 2. The van der Waals surface area contributed by atoms with Gasteiger partial charge in [0.05, 0.1) is 12.6 Å². The summed E-state index contributed by atoms with van der Waals surface area (Å²) in [5.41, 5.74) is 0.636. The zero-order valence-electron chi connectivity index (χ0n) is 22.9. The number of nitrogens with zero attached hydrogens (tertiary/aromatic N) is 2. The number of piperidine rings is 1. The molecule has 0 saturated carbocycles. The average molecular weight is 470 g/mol. The zero-order valence-corrected chi connectivity index (χ0v) is 22.9. The smallest absolute Gasteiger partial charge is 0.331 e. The fourth-order valence-electron chi connectivity index (χ4n) is 3.22. The Morgan fingerprint density at radius 2 is 1.58 bits per heavy atom. The van der Waals surface area contributed by atoms with E-state index in [0.717, 1.165) is 5.92 Å². The lowest BCUT2D eigenvalue weighted by Gasteiger charge is -2.40. The SMILES string of the molecule is C/C(=C\[C@H](C(C)C)N(C)C(=O)CNC=O)C(=O)O.CC(C)C.CCC(C)(C)N1CCCCC1. The summed E-state index contributed by atoms with van der Waals surface area (Å²) in [7, 11) is 1.59. The first kappa shape index (κ1) is 33.3. The van der Waals surface area contributed by atoms with Crippen molar-refractivity contribution in [2.45, 2.75) is 99.6 Å². The van der Waals surface area contributed by atoms with Crippen LogP contribution >= 0.6 is 0 Å². The van der Waals surface area contributed by atoms with Crippen molar-refractivity contribution in [3.63, 3.8) is 0 Å². The number of hydrogen-bond acceptors (Lipinski definition) is 4. The highest BCUT2D eigenvalue weighted by atomic mass is 16.4. The van der Waals surface area contributed by atoms with E-state index in [2.05, 4.69) is 51.8 Å². The summed E-state index contributed by atoms with van der Waals surface area (Å²) in [5, 5.41) is 11.1. The Morgan fingerprint density at radius 1 is 1.09 bits per heavy atom. The number of carboxylic acid groups (broad SMARTS) is 1. The minimum Gasteiger partial charge on any atom is -0.478 e. The number of hydrogen-bond donors (Lipinski definition) is 2. The van der Waals surface area contributed by atoms with Crippen LogP contribution in [0.1, 0.15) is 88.0 Å². The predicted octanol–water partition coefficient (Wildman–Crippen LogP) is 4.57. The zero-order chi connectivity index (χ0) is 26.2. The first-order valence-electron chi connectivity index (χ1n) is 12.3. The van der Waals surface area contributed by atoms with Gasteiger partial charge in [0.1, 0.15) is 0 Å². The molecule has 1 aliphatic rings. The van der Waals surface area contributed by atoms with Gasteiger partial charge in [-0.3, -0.25) is 14.5 Å². The van der Waals surface area contributed by atoms with Crippen molar-refractivity contribution in [2.75, 3.05) is 26.7 Å². The Morgan fingerprint density at radius 3 is 1.94 bits per heavy atom. The van der Waals surface area contributed by atoms with Gasteiger partial charge < -0.3 is 15.3 Å². The van der Waals surface area contributed by atoms with Crippen molar-refractivity contribution in [1.29, 1.82) is 0 Å². The molecule has 33 heavy (non-hydrogen) atoms. The summed E-state index contributed by atoms with van der Waals surface area (Å²) in [6.45, 7) is 21.3. The topological polar surface area (TPSA) is 90.0 Å². The summed E-state index contributed by atoms with van der Waals surface area (Å²) in [6, 6.07) is -0.318. The highest BCUT2D eigenvalue weighted by molar-refractivity contribution is 5.86. The van der Waals surface area contributed by atoms with Gasteiger partial charge in [0, 0.05) is 18.2 Å². The van der Waals surface area contributed by atoms with Crippen LogP contribution in [0, 0.1) is 11.8 Å². The van der Waals surface area contributed by atoms with Crippen LogP contribution in [-0.4, -0.2) is 71.5 Å². The molecule has 1 aliphatic heterocycles. The highest BCUT2D eigenvalue weighted by Gasteiger charge is 2.25. The third-order valence-electron chi connectivity index (χ3n) is 5.70. The molecular weight excluding hydrogens is 418 g/mol. The van der Waals surface area contributed by atoms with Gasteiger partial charge in [-0.1, -0.05) is 54.0 Å². The first-order valence-corrected chi connectivity index (χ1v) is 12.3. The molecule has 1 heterocycles. The van der Waals surface area contributed by atoms with E-state index in [4.69, 9.17) is 5.11 Å². The van der Waals surface area contributed by atoms with Crippen LogP contribution in [-0.2, 0) is 14.4 Å². The predicted molar refractivity (Wildman–Crippen MR) is 137 cm³/mol. The van der Waals surface area contributed by atoms with Gasteiger partial charge in [0.25, 0.3) is 0 Å². The number of nitrogens with one attached hydrogen (secondary N) is 1. The Hall–Kier alpha value is -1.89. The number of likely N-dealkylation sites (tertiary alicyclic amines) is 1. The molecule has 0 aromatic heterocycles. The van der Waals surface area contributed by atoms with E-state index in [0.29, 0.717) is 11.9 Å². The lowest BCUT2D eigenvalue weighted by molar-refractivity contribution is -0.133. The third-order valence-corrected chi connectivity index (χ3v) is 5.70. The fraction of sp³-hybridized carbons (Fsp3) is 0.808. The Labute approximate surface area is 203 Å². The first-order chi connectivity index (χ1) is 15.2. The molecular formula is C26H51N3O4. The number of carboxylic acids is 1. The van der Waals surface area contributed by atoms with Crippen LogP contribution in [0.2, 0.25) is 0 Å². The van der Waals surface area contributed by atoms with Crippen LogP contribution in [0.5, 0.6) is 0 Å².